The molecule has 3 aromatic rings. The third-order valence-corrected chi connectivity index (χ3v) is 7.76. The molecule has 1 aromatic carbocycles. The molecule has 0 radical (unpaired) electrons. The quantitative estimate of drug-likeness (QED) is 0.457. The Morgan fingerprint density at radius 2 is 2.09 bits per heavy atom. The molecule has 1 aliphatic heterocycles. The molecule has 0 aliphatic carbocycles. The number of nitrogens with zero attached hydrogens (tertiary/aromatic N) is 2. The average Bonchev–Trinajstić information content (AvgIpc) is 3.37. The van der Waals surface area contributed by atoms with Crippen molar-refractivity contribution < 1.29 is 14.3 Å². The largest absolute Gasteiger partial charge is 0.379 e. The van der Waals surface area contributed by atoms with E-state index in [0.717, 1.165) is 34.3 Å². The molecule has 3 heterocycles. The number of carbonyl (C=O) groups is 2. The fraction of sp³-hybridized carbons (Fsp3) is 0.440. The molecule has 1 aliphatic rings. The summed E-state index contributed by atoms with van der Waals surface area (Å²) in [7, 11) is 2.01. The van der Waals surface area contributed by atoms with Crippen LogP contribution in [0.3, 0.4) is 0 Å². The number of para-hydroxylation sites is 1. The molecule has 1 N–H and O–H groups in total. The number of aryl methyl sites for hydroxylation is 1. The molecule has 0 saturated heterocycles. The fourth-order valence-electron chi connectivity index (χ4n) is 4.26. The van der Waals surface area contributed by atoms with Crippen molar-refractivity contribution in [2.45, 2.75) is 43.9 Å². The van der Waals surface area contributed by atoms with Crippen molar-refractivity contribution >= 4 is 45.8 Å². The maximum absolute atomic E-state index is 13.6. The van der Waals surface area contributed by atoms with E-state index in [1.807, 2.05) is 38.4 Å². The van der Waals surface area contributed by atoms with Crippen LogP contribution in [0.1, 0.15) is 37.4 Å². The topological polar surface area (TPSA) is 63.6 Å². The van der Waals surface area contributed by atoms with E-state index in [1.165, 1.54) is 17.3 Å². The van der Waals surface area contributed by atoms with Gasteiger partial charge < -0.3 is 19.5 Å². The SMILES string of the molecule is CC(C)OCCCNC(=O)[C@@H]1c2c(n(C)c3ccccc23)SCC(=O)N1CCc1ccsc1. The van der Waals surface area contributed by atoms with Gasteiger partial charge in [0.15, 0.2) is 0 Å². The summed E-state index contributed by atoms with van der Waals surface area (Å²) in [6.07, 6.45) is 1.63. The molecule has 0 bridgehead atoms. The smallest absolute Gasteiger partial charge is 0.247 e. The molecule has 33 heavy (non-hydrogen) atoms. The molecule has 0 fully saturated rings. The third-order valence-electron chi connectivity index (χ3n) is 5.87. The monoisotopic (exact) mass is 485 g/mol. The van der Waals surface area contributed by atoms with E-state index >= 15 is 0 Å². The second-order valence-corrected chi connectivity index (χ2v) is 10.3. The second-order valence-electron chi connectivity index (χ2n) is 8.52. The zero-order valence-corrected chi connectivity index (χ0v) is 21.0. The number of hydrogen-bond donors (Lipinski definition) is 1. The Labute approximate surface area is 203 Å². The first kappa shape index (κ1) is 23.9. The highest BCUT2D eigenvalue weighted by molar-refractivity contribution is 8.00. The van der Waals surface area contributed by atoms with Gasteiger partial charge in [0.1, 0.15) is 6.04 Å². The number of rotatable bonds is 9. The molecular formula is C25H31N3O3S2. The maximum Gasteiger partial charge on any atom is 0.247 e. The summed E-state index contributed by atoms with van der Waals surface area (Å²) in [4.78, 5) is 28.7. The number of ether oxygens (including phenoxy) is 1. The summed E-state index contributed by atoms with van der Waals surface area (Å²) in [5.74, 6) is 0.199. The lowest BCUT2D eigenvalue weighted by Gasteiger charge is -2.30. The number of hydrogen-bond acceptors (Lipinski definition) is 5. The first-order valence-electron chi connectivity index (χ1n) is 11.4. The van der Waals surface area contributed by atoms with Crippen LogP contribution in [0.25, 0.3) is 10.9 Å². The summed E-state index contributed by atoms with van der Waals surface area (Å²) in [6.45, 7) is 5.62. The fourth-order valence-corrected chi connectivity index (χ4v) is 6.06. The van der Waals surface area contributed by atoms with Crippen LogP contribution >= 0.6 is 23.1 Å². The van der Waals surface area contributed by atoms with Gasteiger partial charge in [0.05, 0.1) is 16.9 Å². The van der Waals surface area contributed by atoms with E-state index in [1.54, 1.807) is 16.2 Å². The number of amides is 2. The third kappa shape index (κ3) is 5.28. The summed E-state index contributed by atoms with van der Waals surface area (Å²) < 4.78 is 7.72. The number of aromatic nitrogens is 1. The average molecular weight is 486 g/mol. The van der Waals surface area contributed by atoms with Crippen LogP contribution < -0.4 is 5.32 Å². The Hall–Kier alpha value is -2.29. The van der Waals surface area contributed by atoms with Crippen LogP contribution in [0.4, 0.5) is 0 Å². The molecule has 1 atom stereocenters. The predicted octanol–water partition coefficient (Wildman–Crippen LogP) is 4.39. The van der Waals surface area contributed by atoms with Crippen LogP contribution in [0, 0.1) is 0 Å². The highest BCUT2D eigenvalue weighted by Gasteiger charge is 2.38. The molecule has 176 valence electrons. The van der Waals surface area contributed by atoms with Crippen molar-refractivity contribution in [3.63, 3.8) is 0 Å². The lowest BCUT2D eigenvalue weighted by molar-refractivity contribution is -0.138. The second kappa shape index (κ2) is 10.8. The minimum atomic E-state index is -0.654. The Balaban J connectivity index is 1.65. The molecule has 8 heteroatoms. The molecule has 2 aromatic heterocycles. The lowest BCUT2D eigenvalue weighted by atomic mass is 10.0. The number of thioether (sulfide) groups is 1. The van der Waals surface area contributed by atoms with Crippen molar-refractivity contribution in [1.82, 2.24) is 14.8 Å². The Morgan fingerprint density at radius 3 is 2.85 bits per heavy atom. The van der Waals surface area contributed by atoms with Crippen molar-refractivity contribution in [2.75, 3.05) is 25.4 Å². The van der Waals surface area contributed by atoms with Gasteiger partial charge in [-0.05, 0) is 55.1 Å². The zero-order chi connectivity index (χ0) is 23.4. The molecule has 0 spiro atoms. The van der Waals surface area contributed by atoms with Gasteiger partial charge >= 0.3 is 0 Å². The first-order valence-corrected chi connectivity index (χ1v) is 13.3. The summed E-state index contributed by atoms with van der Waals surface area (Å²) >= 11 is 3.17. The predicted molar refractivity (Wildman–Crippen MR) is 135 cm³/mol. The normalized spacial score (nSPS) is 16.3. The van der Waals surface area contributed by atoms with E-state index in [9.17, 15) is 9.59 Å². The molecule has 0 unspecified atom stereocenters. The number of carbonyl (C=O) groups excluding carboxylic acids is 2. The van der Waals surface area contributed by atoms with Crippen molar-refractivity contribution in [3.8, 4) is 0 Å². The maximum atomic E-state index is 13.6. The molecule has 4 rings (SSSR count). The summed E-state index contributed by atoms with van der Waals surface area (Å²) in [5.41, 5.74) is 3.20. The van der Waals surface area contributed by atoms with Gasteiger partial charge in [0.2, 0.25) is 11.8 Å². The standard InChI is InChI=1S/C25H31N3O3S2/c1-17(2)31-13-6-11-26-24(30)23-22-19-7-4-5-8-20(19)27(3)25(22)33-16-21(29)28(23)12-9-18-10-14-32-15-18/h4-5,7-8,10,14-15,17,23H,6,9,11-13,16H2,1-3H3,(H,26,30)/t23-/m0/s1. The van der Waals surface area contributed by atoms with Crippen molar-refractivity contribution in [3.05, 3.63) is 52.2 Å². The minimum absolute atomic E-state index is 0.00111. The number of nitrogens with one attached hydrogen (secondary N) is 1. The Morgan fingerprint density at radius 1 is 1.27 bits per heavy atom. The highest BCUT2D eigenvalue weighted by Crippen LogP contribution is 2.41. The number of thiophene rings is 1. The molecular weight excluding hydrogens is 454 g/mol. The van der Waals surface area contributed by atoms with Crippen LogP contribution in [0.15, 0.2) is 46.1 Å². The van der Waals surface area contributed by atoms with Gasteiger partial charge in [-0.25, -0.2) is 0 Å². The van der Waals surface area contributed by atoms with Crippen LogP contribution in [-0.4, -0.2) is 52.8 Å². The number of benzene rings is 1. The van der Waals surface area contributed by atoms with E-state index < -0.39 is 6.04 Å². The Kier molecular flexibility index (Phi) is 7.78. The van der Waals surface area contributed by atoms with Crippen LogP contribution in [0.2, 0.25) is 0 Å². The molecule has 2 amide bonds. The molecule has 0 saturated carbocycles. The van der Waals surface area contributed by atoms with Gasteiger partial charge in [0, 0.05) is 43.2 Å². The van der Waals surface area contributed by atoms with Crippen LogP contribution in [-0.2, 0) is 27.8 Å². The van der Waals surface area contributed by atoms with E-state index in [2.05, 4.69) is 33.5 Å². The first-order chi connectivity index (χ1) is 16.0. The lowest BCUT2D eigenvalue weighted by Crippen LogP contribution is -2.45. The van der Waals surface area contributed by atoms with Gasteiger partial charge in [-0.15, -0.1) is 0 Å². The van der Waals surface area contributed by atoms with Crippen molar-refractivity contribution in [2.24, 2.45) is 7.05 Å². The van der Waals surface area contributed by atoms with Crippen molar-refractivity contribution in [1.29, 1.82) is 0 Å². The molecule has 6 nitrogen and oxygen atoms in total. The Bertz CT molecular complexity index is 1110. The van der Waals surface area contributed by atoms with Gasteiger partial charge in [0.25, 0.3) is 0 Å². The summed E-state index contributed by atoms with van der Waals surface area (Å²) in [6, 6.07) is 9.55. The number of fused-ring (bicyclic) bond motifs is 3. The van der Waals surface area contributed by atoms with Gasteiger partial charge in [-0.1, -0.05) is 30.0 Å². The summed E-state index contributed by atoms with van der Waals surface area (Å²) in [5, 5.41) is 9.25. The van der Waals surface area contributed by atoms with E-state index in [0.29, 0.717) is 25.4 Å². The van der Waals surface area contributed by atoms with Gasteiger partial charge in [-0.2, -0.15) is 11.3 Å². The van der Waals surface area contributed by atoms with E-state index in [-0.39, 0.29) is 17.9 Å². The highest BCUT2D eigenvalue weighted by atomic mass is 32.2. The zero-order valence-electron chi connectivity index (χ0n) is 19.4. The minimum Gasteiger partial charge on any atom is -0.379 e. The van der Waals surface area contributed by atoms with E-state index in [4.69, 9.17) is 4.74 Å². The van der Waals surface area contributed by atoms with Crippen LogP contribution in [0.5, 0.6) is 0 Å². The van der Waals surface area contributed by atoms with Gasteiger partial charge in [-0.3, -0.25) is 9.59 Å².